The van der Waals surface area contributed by atoms with Crippen molar-refractivity contribution >= 4 is 11.5 Å². The van der Waals surface area contributed by atoms with Gasteiger partial charge in [0.15, 0.2) is 5.78 Å². The number of hydrogen-bond donors (Lipinski definition) is 0. The molecule has 18 heavy (non-hydrogen) atoms. The van der Waals surface area contributed by atoms with Crippen LogP contribution >= 0.6 is 0 Å². The summed E-state index contributed by atoms with van der Waals surface area (Å²) in [6.45, 7) is 4.86. The molecule has 0 aliphatic heterocycles. The van der Waals surface area contributed by atoms with Gasteiger partial charge in [0.2, 0.25) is 0 Å². The SMILES string of the molecule is CN(C)CCN=C1C(=O)C2(C)CCC1C2(C)CF. The number of Topliss-reactive ketones (excluding diaryl/α,β-unsaturated/α-hetero) is 1. The van der Waals surface area contributed by atoms with E-state index in [1.54, 1.807) is 0 Å². The first kappa shape index (κ1) is 13.7. The van der Waals surface area contributed by atoms with E-state index in [2.05, 4.69) is 4.99 Å². The van der Waals surface area contributed by atoms with E-state index in [-0.39, 0.29) is 11.7 Å². The average Bonchev–Trinajstić information content (AvgIpc) is 2.65. The Morgan fingerprint density at radius 1 is 1.44 bits per heavy atom. The predicted molar refractivity (Wildman–Crippen MR) is 70.8 cm³/mol. The summed E-state index contributed by atoms with van der Waals surface area (Å²) in [6.07, 6.45) is 1.72. The van der Waals surface area contributed by atoms with Crippen molar-refractivity contribution in [3.63, 3.8) is 0 Å². The monoisotopic (exact) mass is 254 g/mol. The van der Waals surface area contributed by atoms with Gasteiger partial charge in [-0.3, -0.25) is 14.2 Å². The molecule has 3 atom stereocenters. The second-order valence-electron chi connectivity index (χ2n) is 6.37. The Hall–Kier alpha value is -0.770. The molecule has 2 bridgehead atoms. The maximum absolute atomic E-state index is 13.5. The summed E-state index contributed by atoms with van der Waals surface area (Å²) in [7, 11) is 3.96. The molecule has 0 N–H and O–H groups in total. The maximum Gasteiger partial charge on any atom is 0.183 e. The highest BCUT2D eigenvalue weighted by Gasteiger charge is 2.67. The van der Waals surface area contributed by atoms with Gasteiger partial charge in [0.1, 0.15) is 0 Å². The number of likely N-dealkylation sites (N-methyl/N-ethyl adjacent to an activating group) is 1. The van der Waals surface area contributed by atoms with Crippen molar-refractivity contribution < 1.29 is 9.18 Å². The second kappa shape index (κ2) is 4.41. The van der Waals surface area contributed by atoms with Gasteiger partial charge < -0.3 is 4.90 Å². The minimum atomic E-state index is -0.527. The molecule has 2 aliphatic rings. The fourth-order valence-corrected chi connectivity index (χ4v) is 3.47. The molecule has 2 aliphatic carbocycles. The van der Waals surface area contributed by atoms with Crippen LogP contribution in [0.4, 0.5) is 4.39 Å². The Bertz CT molecular complexity index is 393. The molecular formula is C14H23FN2O. The van der Waals surface area contributed by atoms with E-state index in [0.717, 1.165) is 19.4 Å². The van der Waals surface area contributed by atoms with Crippen LogP contribution in [0.2, 0.25) is 0 Å². The minimum Gasteiger partial charge on any atom is -0.308 e. The van der Waals surface area contributed by atoms with Gasteiger partial charge in [-0.05, 0) is 26.9 Å². The van der Waals surface area contributed by atoms with Gasteiger partial charge in [-0.1, -0.05) is 13.8 Å². The van der Waals surface area contributed by atoms with E-state index < -0.39 is 17.5 Å². The molecule has 0 aromatic carbocycles. The molecule has 0 heterocycles. The summed E-state index contributed by atoms with van der Waals surface area (Å²) in [5.74, 6) is 0.125. The third-order valence-electron chi connectivity index (χ3n) is 5.13. The lowest BCUT2D eigenvalue weighted by Crippen LogP contribution is -2.36. The molecule has 2 rings (SSSR count). The summed E-state index contributed by atoms with van der Waals surface area (Å²) in [6, 6.07) is 0. The molecule has 3 unspecified atom stereocenters. The van der Waals surface area contributed by atoms with Gasteiger partial charge in [-0.2, -0.15) is 0 Å². The molecule has 2 fully saturated rings. The van der Waals surface area contributed by atoms with Crippen LogP contribution in [-0.4, -0.2) is 50.3 Å². The largest absolute Gasteiger partial charge is 0.308 e. The van der Waals surface area contributed by atoms with Gasteiger partial charge in [-0.25, -0.2) is 0 Å². The number of halogens is 1. The molecule has 0 spiro atoms. The lowest BCUT2D eigenvalue weighted by molar-refractivity contribution is -0.124. The smallest absolute Gasteiger partial charge is 0.183 e. The zero-order chi connectivity index (χ0) is 13.6. The van der Waals surface area contributed by atoms with Crippen LogP contribution in [0.3, 0.4) is 0 Å². The summed E-state index contributed by atoms with van der Waals surface area (Å²) in [4.78, 5) is 18.9. The molecule has 102 valence electrons. The first-order valence-corrected chi connectivity index (χ1v) is 6.66. The highest BCUT2D eigenvalue weighted by Crippen LogP contribution is 2.62. The van der Waals surface area contributed by atoms with Crippen LogP contribution in [0, 0.1) is 16.7 Å². The van der Waals surface area contributed by atoms with E-state index in [4.69, 9.17) is 0 Å². The molecule has 0 amide bonds. The number of alkyl halides is 1. The van der Waals surface area contributed by atoms with Crippen LogP contribution in [0.1, 0.15) is 26.7 Å². The molecular weight excluding hydrogens is 231 g/mol. The van der Waals surface area contributed by atoms with Gasteiger partial charge >= 0.3 is 0 Å². The fourth-order valence-electron chi connectivity index (χ4n) is 3.47. The van der Waals surface area contributed by atoms with Crippen molar-refractivity contribution in [2.75, 3.05) is 33.9 Å². The topological polar surface area (TPSA) is 32.7 Å². The van der Waals surface area contributed by atoms with E-state index in [1.165, 1.54) is 0 Å². The summed E-state index contributed by atoms with van der Waals surface area (Å²) < 4.78 is 13.5. The molecule has 2 saturated carbocycles. The van der Waals surface area contributed by atoms with Crippen molar-refractivity contribution in [3.05, 3.63) is 0 Å². The van der Waals surface area contributed by atoms with E-state index in [9.17, 15) is 9.18 Å². The first-order chi connectivity index (χ1) is 8.37. The second-order valence-corrected chi connectivity index (χ2v) is 6.37. The number of nitrogens with zero attached hydrogens (tertiary/aromatic N) is 2. The Labute approximate surface area is 108 Å². The van der Waals surface area contributed by atoms with Crippen LogP contribution in [0.25, 0.3) is 0 Å². The molecule has 0 aromatic rings. The minimum absolute atomic E-state index is 0.0298. The lowest BCUT2D eigenvalue weighted by atomic mass is 9.70. The zero-order valence-corrected chi connectivity index (χ0v) is 11.8. The van der Waals surface area contributed by atoms with Crippen molar-refractivity contribution in [3.8, 4) is 0 Å². The summed E-state index contributed by atoms with van der Waals surface area (Å²) in [5, 5.41) is 0. The zero-order valence-electron chi connectivity index (χ0n) is 11.8. The number of carbonyl (C=O) groups is 1. The quantitative estimate of drug-likeness (QED) is 0.768. The Kier molecular flexibility index (Phi) is 3.34. The van der Waals surface area contributed by atoms with E-state index >= 15 is 0 Å². The van der Waals surface area contributed by atoms with E-state index in [0.29, 0.717) is 12.3 Å². The molecule has 0 radical (unpaired) electrons. The van der Waals surface area contributed by atoms with Crippen molar-refractivity contribution in [1.82, 2.24) is 4.90 Å². The third-order valence-corrected chi connectivity index (χ3v) is 5.13. The normalized spacial score (nSPS) is 41.3. The van der Waals surface area contributed by atoms with Crippen LogP contribution < -0.4 is 0 Å². The van der Waals surface area contributed by atoms with E-state index in [1.807, 2.05) is 32.8 Å². The van der Waals surface area contributed by atoms with Gasteiger partial charge in [0.25, 0.3) is 0 Å². The number of carbonyl (C=O) groups excluding carboxylic acids is 1. The van der Waals surface area contributed by atoms with Crippen molar-refractivity contribution in [2.24, 2.45) is 21.7 Å². The third kappa shape index (κ3) is 1.65. The first-order valence-electron chi connectivity index (χ1n) is 6.66. The molecule has 4 heteroatoms. The predicted octanol–water partition coefficient (Wildman–Crippen LogP) is 1.96. The highest BCUT2D eigenvalue weighted by molar-refractivity contribution is 6.45. The number of rotatable bonds is 4. The molecule has 3 nitrogen and oxygen atoms in total. The summed E-state index contributed by atoms with van der Waals surface area (Å²) >= 11 is 0. The number of ketones is 1. The average molecular weight is 254 g/mol. The Balaban J connectivity index is 2.24. The van der Waals surface area contributed by atoms with Crippen molar-refractivity contribution in [2.45, 2.75) is 26.7 Å². The maximum atomic E-state index is 13.5. The highest BCUT2D eigenvalue weighted by atomic mass is 19.1. The fraction of sp³-hybridized carbons (Fsp3) is 0.857. The van der Waals surface area contributed by atoms with Crippen LogP contribution in [0.15, 0.2) is 4.99 Å². The van der Waals surface area contributed by atoms with Gasteiger partial charge in [-0.15, -0.1) is 0 Å². The molecule has 0 aromatic heterocycles. The summed E-state index contributed by atoms with van der Waals surface area (Å²) in [5.41, 5.74) is -0.393. The van der Waals surface area contributed by atoms with Crippen molar-refractivity contribution in [1.29, 1.82) is 0 Å². The number of hydrogen-bond acceptors (Lipinski definition) is 3. The number of aliphatic imine (C=N–C) groups is 1. The Morgan fingerprint density at radius 3 is 2.61 bits per heavy atom. The Morgan fingerprint density at radius 2 is 2.11 bits per heavy atom. The number of fused-ring (bicyclic) bond motifs is 2. The van der Waals surface area contributed by atoms with Gasteiger partial charge in [0, 0.05) is 23.3 Å². The molecule has 0 saturated heterocycles. The van der Waals surface area contributed by atoms with Crippen LogP contribution in [0.5, 0.6) is 0 Å². The van der Waals surface area contributed by atoms with Crippen LogP contribution in [-0.2, 0) is 4.79 Å². The standard InChI is InChI=1S/C14H23FN2O/c1-13-6-5-10(14(13,2)9-15)11(12(13)18)16-7-8-17(3)4/h10H,5-9H2,1-4H3. The van der Waals surface area contributed by atoms with Gasteiger partial charge in [0.05, 0.1) is 18.9 Å². The lowest BCUT2D eigenvalue weighted by Gasteiger charge is -2.32.